The summed E-state index contributed by atoms with van der Waals surface area (Å²) in [6, 6.07) is 8.26. The van der Waals surface area contributed by atoms with Crippen LogP contribution in [0.5, 0.6) is 5.75 Å². The third-order valence-corrected chi connectivity index (χ3v) is 4.07. The van der Waals surface area contributed by atoms with Crippen molar-refractivity contribution in [3.63, 3.8) is 0 Å². The lowest BCUT2D eigenvalue weighted by atomic mass is 9.76. The minimum absolute atomic E-state index is 0.323. The molecule has 2 heteroatoms. The summed E-state index contributed by atoms with van der Waals surface area (Å²) >= 11 is 0. The van der Waals surface area contributed by atoms with E-state index < -0.39 is 0 Å². The van der Waals surface area contributed by atoms with Crippen LogP contribution < -0.4 is 4.74 Å². The zero-order valence-electron chi connectivity index (χ0n) is 12.0. The number of Topliss-reactive ketones (excluding diaryl/α,β-unsaturated/α-hetero) is 1. The fraction of sp³-hybridized carbons (Fsp3) is 0.588. The van der Waals surface area contributed by atoms with Crippen LogP contribution in [0, 0.1) is 5.92 Å². The first-order valence-corrected chi connectivity index (χ1v) is 7.50. The second kappa shape index (κ2) is 6.74. The Labute approximate surface area is 116 Å². The highest BCUT2D eigenvalue weighted by molar-refractivity contribution is 5.82. The predicted molar refractivity (Wildman–Crippen MR) is 77.6 cm³/mol. The monoisotopic (exact) mass is 260 g/mol. The van der Waals surface area contributed by atoms with Gasteiger partial charge in [-0.3, -0.25) is 4.79 Å². The molecular formula is C17H24O2. The molecule has 1 aromatic carbocycles. The van der Waals surface area contributed by atoms with E-state index in [2.05, 4.69) is 19.1 Å². The predicted octanol–water partition coefficient (Wildman–Crippen LogP) is 4.34. The van der Waals surface area contributed by atoms with E-state index >= 15 is 0 Å². The lowest BCUT2D eigenvalue weighted by molar-refractivity contribution is -0.125. The van der Waals surface area contributed by atoms with Crippen LogP contribution in [0.25, 0.3) is 0 Å². The van der Waals surface area contributed by atoms with Gasteiger partial charge in [0.15, 0.2) is 0 Å². The molecule has 0 radical (unpaired) electrons. The third kappa shape index (κ3) is 3.59. The number of ether oxygens (including phenoxy) is 1. The Bertz CT molecular complexity index is 408. The van der Waals surface area contributed by atoms with E-state index in [1.165, 1.54) is 5.56 Å². The Kier molecular flexibility index (Phi) is 5.00. The molecule has 0 bridgehead atoms. The van der Waals surface area contributed by atoms with Crippen molar-refractivity contribution in [1.82, 2.24) is 0 Å². The van der Waals surface area contributed by atoms with E-state index in [9.17, 15) is 4.79 Å². The molecule has 0 aromatic heterocycles. The van der Waals surface area contributed by atoms with E-state index in [1.54, 1.807) is 0 Å². The van der Waals surface area contributed by atoms with Gasteiger partial charge in [0.25, 0.3) is 0 Å². The maximum Gasteiger partial charge on any atom is 0.136 e. The second-order valence-corrected chi connectivity index (χ2v) is 5.43. The fourth-order valence-corrected chi connectivity index (χ4v) is 3.02. The van der Waals surface area contributed by atoms with Gasteiger partial charge in [0.2, 0.25) is 0 Å². The normalized spacial score (nSPS) is 23.4. The molecule has 1 fully saturated rings. The van der Waals surface area contributed by atoms with E-state index in [1.807, 2.05) is 19.1 Å². The van der Waals surface area contributed by atoms with Crippen LogP contribution in [0.2, 0.25) is 0 Å². The van der Waals surface area contributed by atoms with Gasteiger partial charge < -0.3 is 4.74 Å². The molecule has 1 aromatic rings. The molecule has 0 unspecified atom stereocenters. The molecule has 2 nitrogen and oxygen atoms in total. The number of benzene rings is 1. The molecule has 0 amide bonds. The molecule has 1 aliphatic carbocycles. The van der Waals surface area contributed by atoms with Gasteiger partial charge in [-0.05, 0) is 49.8 Å². The largest absolute Gasteiger partial charge is 0.494 e. The zero-order chi connectivity index (χ0) is 13.7. The van der Waals surface area contributed by atoms with Gasteiger partial charge in [-0.15, -0.1) is 0 Å². The van der Waals surface area contributed by atoms with E-state index in [-0.39, 0.29) is 0 Å². The molecule has 0 aliphatic heterocycles. The maximum absolute atomic E-state index is 12.1. The van der Waals surface area contributed by atoms with E-state index in [4.69, 9.17) is 4.74 Å². The quantitative estimate of drug-likeness (QED) is 0.787. The smallest absolute Gasteiger partial charge is 0.136 e. The lowest BCUT2D eigenvalue weighted by Crippen LogP contribution is -2.23. The number of rotatable bonds is 5. The Morgan fingerprint density at radius 2 is 1.89 bits per heavy atom. The first-order chi connectivity index (χ1) is 9.24. The highest BCUT2D eigenvalue weighted by Gasteiger charge is 2.28. The van der Waals surface area contributed by atoms with E-state index in [0.717, 1.165) is 37.9 Å². The topological polar surface area (TPSA) is 26.3 Å². The van der Waals surface area contributed by atoms with Gasteiger partial charge in [0.1, 0.15) is 11.5 Å². The van der Waals surface area contributed by atoms with Gasteiger partial charge in [-0.25, -0.2) is 0 Å². The van der Waals surface area contributed by atoms with Gasteiger partial charge in [-0.2, -0.15) is 0 Å². The minimum atomic E-state index is 0.323. The van der Waals surface area contributed by atoms with Crippen LogP contribution in [0.3, 0.4) is 0 Å². The molecule has 2 rings (SSSR count). The summed E-state index contributed by atoms with van der Waals surface area (Å²) in [7, 11) is 0. The Balaban J connectivity index is 1.98. The molecule has 2 atom stereocenters. The standard InChI is InChI=1S/C17H24O2/c1-3-5-14-6-7-15(12-17(14)18)13-8-10-16(11-9-13)19-4-2/h8-11,14-15H,3-7,12H2,1-2H3/t14-,15+/m0/s1. The van der Waals surface area contributed by atoms with Crippen molar-refractivity contribution in [3.8, 4) is 5.75 Å². The van der Waals surface area contributed by atoms with Crippen LogP contribution in [0.4, 0.5) is 0 Å². The van der Waals surface area contributed by atoms with Crippen molar-refractivity contribution in [1.29, 1.82) is 0 Å². The lowest BCUT2D eigenvalue weighted by Gasteiger charge is -2.27. The summed E-state index contributed by atoms with van der Waals surface area (Å²) in [4.78, 5) is 12.1. The molecule has 0 saturated heterocycles. The maximum atomic E-state index is 12.1. The number of hydrogen-bond acceptors (Lipinski definition) is 2. The number of carbonyl (C=O) groups excluding carboxylic acids is 1. The van der Waals surface area contributed by atoms with Crippen LogP contribution in [0.15, 0.2) is 24.3 Å². The molecule has 0 N–H and O–H groups in total. The average Bonchev–Trinajstić information content (AvgIpc) is 2.43. The molecule has 19 heavy (non-hydrogen) atoms. The molecule has 1 aliphatic rings. The average molecular weight is 260 g/mol. The summed E-state index contributed by atoms with van der Waals surface area (Å²) < 4.78 is 5.45. The molecule has 104 valence electrons. The summed E-state index contributed by atoms with van der Waals surface area (Å²) in [5.74, 6) is 2.12. The molecule has 1 saturated carbocycles. The van der Waals surface area contributed by atoms with Gasteiger partial charge in [0, 0.05) is 12.3 Å². The zero-order valence-corrected chi connectivity index (χ0v) is 12.0. The molecule has 0 heterocycles. The second-order valence-electron chi connectivity index (χ2n) is 5.43. The highest BCUT2D eigenvalue weighted by atomic mass is 16.5. The third-order valence-electron chi connectivity index (χ3n) is 4.07. The van der Waals surface area contributed by atoms with Crippen LogP contribution in [0.1, 0.15) is 57.4 Å². The molecule has 0 spiro atoms. The van der Waals surface area contributed by atoms with Crippen molar-refractivity contribution in [2.75, 3.05) is 6.61 Å². The van der Waals surface area contributed by atoms with Crippen LogP contribution >= 0.6 is 0 Å². The summed E-state index contributed by atoms with van der Waals surface area (Å²) in [6.45, 7) is 4.84. The number of ketones is 1. The van der Waals surface area contributed by atoms with Gasteiger partial charge >= 0.3 is 0 Å². The Morgan fingerprint density at radius 3 is 2.47 bits per heavy atom. The van der Waals surface area contributed by atoms with Crippen molar-refractivity contribution in [2.45, 2.75) is 51.9 Å². The first-order valence-electron chi connectivity index (χ1n) is 7.50. The van der Waals surface area contributed by atoms with Gasteiger partial charge in [-0.1, -0.05) is 25.5 Å². The summed E-state index contributed by atoms with van der Waals surface area (Å²) in [5.41, 5.74) is 1.28. The van der Waals surface area contributed by atoms with Crippen molar-refractivity contribution < 1.29 is 9.53 Å². The Morgan fingerprint density at radius 1 is 1.16 bits per heavy atom. The number of carbonyl (C=O) groups is 1. The van der Waals surface area contributed by atoms with Crippen molar-refractivity contribution in [3.05, 3.63) is 29.8 Å². The van der Waals surface area contributed by atoms with Crippen molar-refractivity contribution in [2.24, 2.45) is 5.92 Å². The molecular weight excluding hydrogens is 236 g/mol. The van der Waals surface area contributed by atoms with Crippen molar-refractivity contribution >= 4 is 5.78 Å². The van der Waals surface area contributed by atoms with Gasteiger partial charge in [0.05, 0.1) is 6.61 Å². The van der Waals surface area contributed by atoms with Crippen LogP contribution in [-0.4, -0.2) is 12.4 Å². The SMILES string of the molecule is CCC[C@H]1CC[C@@H](c2ccc(OCC)cc2)CC1=O. The fourth-order valence-electron chi connectivity index (χ4n) is 3.02. The first kappa shape index (κ1) is 14.1. The Hall–Kier alpha value is -1.31. The van der Waals surface area contributed by atoms with E-state index in [0.29, 0.717) is 24.2 Å². The highest BCUT2D eigenvalue weighted by Crippen LogP contribution is 2.35. The number of hydrogen-bond donors (Lipinski definition) is 0. The summed E-state index contributed by atoms with van der Waals surface area (Å²) in [5, 5.41) is 0. The van der Waals surface area contributed by atoms with Crippen LogP contribution in [-0.2, 0) is 4.79 Å². The summed E-state index contributed by atoms with van der Waals surface area (Å²) in [6.07, 6.45) is 5.10. The minimum Gasteiger partial charge on any atom is -0.494 e.